The normalized spacial score (nSPS) is 11.3. The molecule has 0 aliphatic rings. The molecule has 4 aromatic rings. The van der Waals surface area contributed by atoms with Crippen LogP contribution in [0.3, 0.4) is 0 Å². The number of Topliss-reactive ketones (excluding diaryl/α,β-unsaturated/α-hetero) is 1. The van der Waals surface area contributed by atoms with Gasteiger partial charge in [-0.05, 0) is 29.5 Å². The van der Waals surface area contributed by atoms with Crippen molar-refractivity contribution in [2.75, 3.05) is 0 Å². The van der Waals surface area contributed by atoms with Gasteiger partial charge in [0, 0.05) is 29.4 Å². The van der Waals surface area contributed by atoms with Crippen LogP contribution in [-0.4, -0.2) is 25.5 Å². The van der Waals surface area contributed by atoms with Gasteiger partial charge in [-0.15, -0.1) is 0 Å². The Bertz CT molecular complexity index is 1580. The maximum Gasteiger partial charge on any atom is 1.00 e. The molecule has 2 aromatic heterocycles. The second kappa shape index (κ2) is 14.0. The zero-order valence-electron chi connectivity index (χ0n) is 25.3. The standard InChI is InChI=1S/C31H36N4O4.K.H/c1-6-8-13-25-24(29(37)35(27(7-2)32-25)19-26(36)31(3,4)5)18-20-14-16-21(17-15-20)22-11-9-10-12-23(22)28-33-30(38)39-34-28;;/h9-12,14-17H,6-8,13,18-19H2,1-5H3,(H,33,34,38);;/q;+1;-1. The number of hydrogen-bond donors (Lipinski definition) is 1. The molecule has 0 aliphatic carbocycles. The third-order valence-corrected chi connectivity index (χ3v) is 6.92. The number of carbonyl (C=O) groups is 1. The first-order chi connectivity index (χ1) is 18.6. The number of nitrogens with one attached hydrogen (secondary N) is 1. The molecule has 1 N–H and O–H groups in total. The zero-order chi connectivity index (χ0) is 28.2. The summed E-state index contributed by atoms with van der Waals surface area (Å²) in [7, 11) is 0. The molecular weight excluding hydrogens is 531 g/mol. The van der Waals surface area contributed by atoms with E-state index in [1.54, 1.807) is 4.57 Å². The van der Waals surface area contributed by atoms with Gasteiger partial charge in [0.25, 0.3) is 5.56 Å². The molecular formula is C31H37KN4O4. The number of aromatic amines is 1. The second-order valence-corrected chi connectivity index (χ2v) is 10.8. The van der Waals surface area contributed by atoms with Crippen LogP contribution in [0.15, 0.2) is 62.6 Å². The predicted octanol–water partition coefficient (Wildman–Crippen LogP) is 2.48. The first kappa shape index (κ1) is 32.1. The van der Waals surface area contributed by atoms with Crippen LogP contribution in [0.1, 0.15) is 71.5 Å². The largest absolute Gasteiger partial charge is 1.00 e. The summed E-state index contributed by atoms with van der Waals surface area (Å²) in [4.78, 5) is 45.7. The minimum atomic E-state index is -0.605. The summed E-state index contributed by atoms with van der Waals surface area (Å²) < 4.78 is 6.27. The summed E-state index contributed by atoms with van der Waals surface area (Å²) >= 11 is 0. The van der Waals surface area contributed by atoms with Gasteiger partial charge >= 0.3 is 57.1 Å². The summed E-state index contributed by atoms with van der Waals surface area (Å²) in [6, 6.07) is 15.6. The molecule has 40 heavy (non-hydrogen) atoms. The topological polar surface area (TPSA) is 111 Å². The number of H-pyrrole nitrogens is 1. The summed E-state index contributed by atoms with van der Waals surface area (Å²) in [6.07, 6.45) is 3.67. The number of benzene rings is 2. The van der Waals surface area contributed by atoms with Crippen LogP contribution in [-0.2, 0) is 30.6 Å². The minimum Gasteiger partial charge on any atom is -1.00 e. The number of rotatable bonds is 10. The van der Waals surface area contributed by atoms with Crippen LogP contribution in [0.4, 0.5) is 0 Å². The quantitative estimate of drug-likeness (QED) is 0.294. The molecule has 0 aliphatic heterocycles. The van der Waals surface area contributed by atoms with Crippen molar-refractivity contribution in [1.29, 1.82) is 0 Å². The molecule has 0 saturated heterocycles. The maximum absolute atomic E-state index is 13.8. The Labute approximate surface area is 278 Å². The first-order valence-corrected chi connectivity index (χ1v) is 13.5. The van der Waals surface area contributed by atoms with Gasteiger partial charge in [0.2, 0.25) is 0 Å². The average Bonchev–Trinajstić information content (AvgIpc) is 3.36. The second-order valence-electron chi connectivity index (χ2n) is 10.8. The van der Waals surface area contributed by atoms with Crippen molar-refractivity contribution in [3.63, 3.8) is 0 Å². The van der Waals surface area contributed by atoms with Gasteiger partial charge in [0.1, 0.15) is 5.82 Å². The van der Waals surface area contributed by atoms with Gasteiger partial charge in [-0.25, -0.2) is 9.78 Å². The molecule has 0 unspecified atom stereocenters. The number of ketones is 1. The van der Waals surface area contributed by atoms with Crippen molar-refractivity contribution in [2.24, 2.45) is 5.41 Å². The van der Waals surface area contributed by atoms with Crippen molar-refractivity contribution in [3.8, 4) is 22.5 Å². The molecule has 9 heteroatoms. The van der Waals surface area contributed by atoms with Gasteiger partial charge in [0.15, 0.2) is 11.6 Å². The van der Waals surface area contributed by atoms with Gasteiger partial charge in [-0.3, -0.25) is 23.7 Å². The van der Waals surface area contributed by atoms with Crippen LogP contribution >= 0.6 is 0 Å². The average molecular weight is 569 g/mol. The van der Waals surface area contributed by atoms with Crippen molar-refractivity contribution in [2.45, 2.75) is 73.3 Å². The Morgan fingerprint density at radius 1 is 1.02 bits per heavy atom. The Hall–Kier alpha value is -2.43. The van der Waals surface area contributed by atoms with Crippen LogP contribution in [0, 0.1) is 5.41 Å². The van der Waals surface area contributed by atoms with E-state index in [4.69, 9.17) is 9.51 Å². The number of aryl methyl sites for hydroxylation is 2. The van der Waals surface area contributed by atoms with Crippen LogP contribution < -0.4 is 62.7 Å². The van der Waals surface area contributed by atoms with E-state index < -0.39 is 11.2 Å². The molecule has 0 spiro atoms. The first-order valence-electron chi connectivity index (χ1n) is 13.5. The van der Waals surface area contributed by atoms with Crippen LogP contribution in [0.5, 0.6) is 0 Å². The summed E-state index contributed by atoms with van der Waals surface area (Å²) in [5, 5.41) is 3.84. The van der Waals surface area contributed by atoms with E-state index in [0.717, 1.165) is 47.2 Å². The third kappa shape index (κ3) is 7.44. The molecule has 4 rings (SSSR count). The van der Waals surface area contributed by atoms with E-state index in [-0.39, 0.29) is 70.7 Å². The smallest absolute Gasteiger partial charge is 1.00 e. The predicted molar refractivity (Wildman–Crippen MR) is 153 cm³/mol. The SMILES string of the molecule is CCCCc1nc(CC)n(CC(=O)C(C)(C)C)c(=O)c1Cc1ccc(-c2ccccc2-c2noc(=O)[nH]2)cc1.[H-].[K+]. The van der Waals surface area contributed by atoms with Crippen molar-refractivity contribution in [3.05, 3.63) is 92.1 Å². The number of aromatic nitrogens is 4. The van der Waals surface area contributed by atoms with Gasteiger partial charge < -0.3 is 1.43 Å². The van der Waals surface area contributed by atoms with Crippen molar-refractivity contribution < 1.29 is 62.1 Å². The number of hydrogen-bond acceptors (Lipinski definition) is 6. The molecule has 8 nitrogen and oxygen atoms in total. The van der Waals surface area contributed by atoms with Gasteiger partial charge in [-0.1, -0.05) is 94.7 Å². The molecule has 0 radical (unpaired) electrons. The Morgan fingerprint density at radius 2 is 1.70 bits per heavy atom. The maximum atomic E-state index is 13.8. The van der Waals surface area contributed by atoms with E-state index >= 15 is 0 Å². The van der Waals surface area contributed by atoms with Crippen LogP contribution in [0.2, 0.25) is 0 Å². The third-order valence-electron chi connectivity index (χ3n) is 6.92. The molecule has 0 amide bonds. The number of carbonyl (C=O) groups excluding carboxylic acids is 1. The fourth-order valence-electron chi connectivity index (χ4n) is 4.52. The summed E-state index contributed by atoms with van der Waals surface area (Å²) in [6.45, 7) is 9.73. The molecule has 0 saturated carbocycles. The minimum absolute atomic E-state index is 0. The zero-order valence-corrected chi connectivity index (χ0v) is 27.5. The fraction of sp³-hybridized carbons (Fsp3) is 0.387. The van der Waals surface area contributed by atoms with E-state index in [1.165, 1.54) is 0 Å². The number of nitrogens with zero attached hydrogens (tertiary/aromatic N) is 3. The molecule has 2 aromatic carbocycles. The molecule has 2 heterocycles. The monoisotopic (exact) mass is 568 g/mol. The molecule has 0 bridgehead atoms. The van der Waals surface area contributed by atoms with E-state index in [0.29, 0.717) is 30.1 Å². The van der Waals surface area contributed by atoms with Crippen molar-refractivity contribution >= 4 is 5.78 Å². The summed E-state index contributed by atoms with van der Waals surface area (Å²) in [5.74, 6) is 0.425. The summed E-state index contributed by atoms with van der Waals surface area (Å²) in [5.41, 5.74) is 4.36. The Kier molecular flexibility index (Phi) is 11.2. The Morgan fingerprint density at radius 3 is 2.27 bits per heavy atom. The van der Waals surface area contributed by atoms with Gasteiger partial charge in [-0.2, -0.15) is 0 Å². The van der Waals surface area contributed by atoms with Gasteiger partial charge in [0.05, 0.1) is 12.2 Å². The molecule has 0 fully saturated rings. The van der Waals surface area contributed by atoms with Crippen LogP contribution in [0.25, 0.3) is 22.5 Å². The fourth-order valence-corrected chi connectivity index (χ4v) is 4.52. The number of unbranched alkanes of at least 4 members (excludes halogenated alkanes) is 1. The van der Waals surface area contributed by atoms with E-state index in [2.05, 4.69) is 17.1 Å². The molecule has 206 valence electrons. The van der Waals surface area contributed by atoms with E-state index in [1.807, 2.05) is 76.2 Å². The van der Waals surface area contributed by atoms with E-state index in [9.17, 15) is 14.4 Å². The van der Waals surface area contributed by atoms with Crippen molar-refractivity contribution in [1.82, 2.24) is 19.7 Å². The molecule has 0 atom stereocenters. The Balaban J connectivity index is 0.00000294.